The van der Waals surface area contributed by atoms with Crippen LogP contribution in [0.4, 0.5) is 0 Å². The molecule has 0 spiro atoms. The quantitative estimate of drug-likeness (QED) is 0.286. The number of hydrogen-bond acceptors (Lipinski definition) is 5. The number of allylic oxidation sites excluding steroid dienone is 1. The molecule has 0 fully saturated rings. The topological polar surface area (TPSA) is 63.4 Å². The van der Waals surface area contributed by atoms with Crippen LogP contribution in [0.15, 0.2) is 58.8 Å². The lowest BCUT2D eigenvalue weighted by atomic mass is 9.94. The van der Waals surface area contributed by atoms with E-state index >= 15 is 0 Å². The summed E-state index contributed by atoms with van der Waals surface area (Å²) in [6, 6.07) is 15.8. The summed E-state index contributed by atoms with van der Waals surface area (Å²) in [7, 11) is 0. The van der Waals surface area contributed by atoms with Gasteiger partial charge in [0.1, 0.15) is 0 Å². The van der Waals surface area contributed by atoms with Gasteiger partial charge in [0.15, 0.2) is 5.11 Å². The summed E-state index contributed by atoms with van der Waals surface area (Å²) in [5.41, 5.74) is 5.08. The number of thiocarbonyl (C=S) groups is 1. The fourth-order valence-corrected chi connectivity index (χ4v) is 4.61. The number of aromatic nitrogens is 2. The van der Waals surface area contributed by atoms with Crippen LogP contribution < -0.4 is 5.32 Å². The highest BCUT2D eigenvalue weighted by molar-refractivity contribution is 7.80. The number of rotatable bonds is 9. The Bertz CT molecular complexity index is 1180. The van der Waals surface area contributed by atoms with Crippen LogP contribution in [-0.2, 0) is 11.2 Å². The molecule has 1 N–H and O–H groups in total. The van der Waals surface area contributed by atoms with Crippen molar-refractivity contribution in [2.24, 2.45) is 0 Å². The van der Waals surface area contributed by atoms with Crippen LogP contribution in [0, 0.1) is 0 Å². The van der Waals surface area contributed by atoms with Crippen molar-refractivity contribution in [2.45, 2.75) is 39.7 Å². The maximum Gasteiger partial charge on any atom is 0.258 e. The Morgan fingerprint density at radius 3 is 2.68 bits per heavy atom. The highest BCUT2D eigenvalue weighted by atomic mass is 35.5. The van der Waals surface area contributed by atoms with Gasteiger partial charge in [-0.2, -0.15) is 4.98 Å². The number of nitrogens with zero attached hydrogens (tertiary/aromatic N) is 3. The van der Waals surface area contributed by atoms with Gasteiger partial charge in [0.25, 0.3) is 5.89 Å². The summed E-state index contributed by atoms with van der Waals surface area (Å²) in [4.78, 5) is 6.83. The Balaban J connectivity index is 1.73. The predicted octanol–water partition coefficient (Wildman–Crippen LogP) is 6.04. The average Bonchev–Trinajstić information content (AvgIpc) is 3.33. The molecule has 2 heterocycles. The van der Waals surface area contributed by atoms with E-state index in [9.17, 15) is 0 Å². The lowest BCUT2D eigenvalue weighted by Crippen LogP contribution is -2.46. The van der Waals surface area contributed by atoms with E-state index in [-0.39, 0.29) is 6.04 Å². The highest BCUT2D eigenvalue weighted by Crippen LogP contribution is 2.37. The Kier molecular flexibility index (Phi) is 7.98. The van der Waals surface area contributed by atoms with Gasteiger partial charge in [0.05, 0.1) is 11.6 Å². The Morgan fingerprint density at radius 1 is 1.18 bits per heavy atom. The van der Waals surface area contributed by atoms with Crippen molar-refractivity contribution < 1.29 is 9.26 Å². The molecule has 0 radical (unpaired) electrons. The zero-order chi connectivity index (χ0) is 24.1. The minimum atomic E-state index is -0.200. The van der Waals surface area contributed by atoms with E-state index in [1.54, 1.807) is 0 Å². The molecule has 3 aromatic rings. The van der Waals surface area contributed by atoms with Crippen molar-refractivity contribution >= 4 is 34.5 Å². The molecule has 178 valence electrons. The molecule has 0 amide bonds. The van der Waals surface area contributed by atoms with E-state index in [2.05, 4.69) is 53.5 Å². The van der Waals surface area contributed by atoms with Crippen LogP contribution in [0.25, 0.3) is 17.0 Å². The SMILES string of the molecule is CCOCCCN1C(=S)NC(c2ccc(CC)cc2)C(c2nc(-c3cccc(Cl)c3)no2)=C1C. The third-order valence-corrected chi connectivity index (χ3v) is 6.50. The summed E-state index contributed by atoms with van der Waals surface area (Å²) < 4.78 is 11.3. The Hall–Kier alpha value is -2.74. The fourth-order valence-electron chi connectivity index (χ4n) is 4.07. The second kappa shape index (κ2) is 11.1. The standard InChI is InChI=1S/C26H29ClN4O2S/c1-4-18-10-12-19(13-11-18)23-22(17(3)31(26(34)28-23)14-7-15-32-5-2)25-29-24(30-33-25)20-8-6-9-21(27)16-20/h6,8-13,16,23H,4-5,7,14-15H2,1-3H3,(H,28,34). The molecule has 1 unspecified atom stereocenters. The van der Waals surface area contributed by atoms with Gasteiger partial charge >= 0.3 is 0 Å². The van der Waals surface area contributed by atoms with E-state index in [0.717, 1.165) is 41.8 Å². The molecule has 0 aliphatic carbocycles. The van der Waals surface area contributed by atoms with Crippen LogP contribution in [-0.4, -0.2) is 39.9 Å². The molecule has 1 atom stereocenters. The minimum Gasteiger partial charge on any atom is -0.382 e. The number of benzene rings is 2. The molecule has 6 nitrogen and oxygen atoms in total. The van der Waals surface area contributed by atoms with Gasteiger partial charge in [0.2, 0.25) is 5.82 Å². The van der Waals surface area contributed by atoms with Crippen LogP contribution in [0.1, 0.15) is 50.3 Å². The molecule has 1 aliphatic rings. The summed E-state index contributed by atoms with van der Waals surface area (Å²) in [6.07, 6.45) is 1.84. The van der Waals surface area contributed by atoms with Gasteiger partial charge in [-0.1, -0.05) is 60.1 Å². The molecule has 8 heteroatoms. The van der Waals surface area contributed by atoms with Crippen LogP contribution in [0.3, 0.4) is 0 Å². The first-order valence-corrected chi connectivity index (χ1v) is 12.4. The molecular formula is C26H29ClN4O2S. The highest BCUT2D eigenvalue weighted by Gasteiger charge is 2.33. The first-order chi connectivity index (χ1) is 16.5. The maximum absolute atomic E-state index is 6.17. The number of ether oxygens (including phenoxy) is 1. The maximum atomic E-state index is 6.17. The number of halogens is 1. The second-order valence-electron chi connectivity index (χ2n) is 8.11. The van der Waals surface area contributed by atoms with Crippen molar-refractivity contribution in [3.8, 4) is 11.4 Å². The Morgan fingerprint density at radius 2 is 1.97 bits per heavy atom. The third-order valence-electron chi connectivity index (χ3n) is 5.93. The van der Waals surface area contributed by atoms with Gasteiger partial charge in [0, 0.05) is 36.0 Å². The lowest BCUT2D eigenvalue weighted by molar-refractivity contribution is 0.141. The molecule has 1 aromatic heterocycles. The number of hydrogen-bond donors (Lipinski definition) is 1. The normalized spacial score (nSPS) is 16.2. The summed E-state index contributed by atoms with van der Waals surface area (Å²) in [5, 5.41) is 9.05. The third kappa shape index (κ3) is 5.32. The summed E-state index contributed by atoms with van der Waals surface area (Å²) >= 11 is 11.9. The lowest BCUT2D eigenvalue weighted by Gasteiger charge is -2.37. The smallest absolute Gasteiger partial charge is 0.258 e. The first kappa shape index (κ1) is 24.4. The van der Waals surface area contributed by atoms with Gasteiger partial charge < -0.3 is 19.5 Å². The summed E-state index contributed by atoms with van der Waals surface area (Å²) in [6.45, 7) is 8.32. The predicted molar refractivity (Wildman–Crippen MR) is 139 cm³/mol. The second-order valence-corrected chi connectivity index (χ2v) is 8.94. The molecule has 0 saturated carbocycles. The van der Waals surface area contributed by atoms with E-state index in [1.165, 1.54) is 5.56 Å². The van der Waals surface area contributed by atoms with Crippen LogP contribution in [0.2, 0.25) is 5.02 Å². The van der Waals surface area contributed by atoms with Gasteiger partial charge in [-0.3, -0.25) is 0 Å². The van der Waals surface area contributed by atoms with Crippen LogP contribution >= 0.6 is 23.8 Å². The van der Waals surface area contributed by atoms with Gasteiger partial charge in [-0.25, -0.2) is 0 Å². The van der Waals surface area contributed by atoms with E-state index in [4.69, 9.17) is 38.1 Å². The molecule has 1 aliphatic heterocycles. The first-order valence-electron chi connectivity index (χ1n) is 11.6. The van der Waals surface area contributed by atoms with Crippen LogP contribution in [0.5, 0.6) is 0 Å². The summed E-state index contributed by atoms with van der Waals surface area (Å²) in [5.74, 6) is 0.954. The fraction of sp³-hybridized carbons (Fsp3) is 0.346. The van der Waals surface area contributed by atoms with E-state index < -0.39 is 0 Å². The van der Waals surface area contributed by atoms with Gasteiger partial charge in [-0.15, -0.1) is 0 Å². The Labute approximate surface area is 210 Å². The molecule has 0 bridgehead atoms. The van der Waals surface area contributed by atoms with E-state index in [0.29, 0.717) is 35.1 Å². The molecular weight excluding hydrogens is 468 g/mol. The van der Waals surface area contributed by atoms with Gasteiger partial charge in [-0.05, 0) is 62.2 Å². The van der Waals surface area contributed by atoms with E-state index in [1.807, 2.05) is 31.2 Å². The van der Waals surface area contributed by atoms with Crippen molar-refractivity contribution in [1.82, 2.24) is 20.4 Å². The molecule has 0 saturated heterocycles. The average molecular weight is 497 g/mol. The van der Waals surface area contributed by atoms with Crippen molar-refractivity contribution in [3.05, 3.63) is 76.3 Å². The van der Waals surface area contributed by atoms with Crippen molar-refractivity contribution in [2.75, 3.05) is 19.8 Å². The molecule has 4 rings (SSSR count). The molecule has 2 aromatic carbocycles. The molecule has 34 heavy (non-hydrogen) atoms. The number of aryl methyl sites for hydroxylation is 1. The number of nitrogens with one attached hydrogen (secondary N) is 1. The zero-order valence-electron chi connectivity index (χ0n) is 19.7. The minimum absolute atomic E-state index is 0.200. The monoisotopic (exact) mass is 496 g/mol. The van der Waals surface area contributed by atoms with Crippen molar-refractivity contribution in [3.63, 3.8) is 0 Å². The largest absolute Gasteiger partial charge is 0.382 e. The van der Waals surface area contributed by atoms with Crippen molar-refractivity contribution in [1.29, 1.82) is 0 Å². The zero-order valence-corrected chi connectivity index (χ0v) is 21.2.